The van der Waals surface area contributed by atoms with Gasteiger partial charge in [0.25, 0.3) is 0 Å². The van der Waals surface area contributed by atoms with Crippen LogP contribution in [0.15, 0.2) is 24.5 Å². The van der Waals surface area contributed by atoms with Gasteiger partial charge >= 0.3 is 0 Å². The number of aromatic nitrogens is 1. The molecule has 2 fully saturated rings. The lowest BCUT2D eigenvalue weighted by Crippen LogP contribution is -2.46. The number of hydrogen-bond acceptors (Lipinski definition) is 4. The Labute approximate surface area is 120 Å². The molecule has 2 atom stereocenters. The van der Waals surface area contributed by atoms with Crippen molar-refractivity contribution in [3.63, 3.8) is 0 Å². The van der Waals surface area contributed by atoms with Gasteiger partial charge in [0.2, 0.25) is 0 Å². The maximum atomic E-state index is 9.47. The lowest BCUT2D eigenvalue weighted by molar-refractivity contribution is -0.0485. The molecule has 0 aromatic carbocycles. The Morgan fingerprint density at radius 3 is 2.95 bits per heavy atom. The van der Waals surface area contributed by atoms with Gasteiger partial charge < -0.3 is 14.7 Å². The van der Waals surface area contributed by atoms with Crippen LogP contribution >= 0.6 is 0 Å². The molecular formula is C16H24N2O2. The molecule has 0 amide bonds. The van der Waals surface area contributed by atoms with Gasteiger partial charge in [-0.3, -0.25) is 4.98 Å². The minimum absolute atomic E-state index is 0.0652. The van der Waals surface area contributed by atoms with Crippen molar-refractivity contribution in [2.75, 3.05) is 26.2 Å². The Bertz CT molecular complexity index is 427. The fourth-order valence-electron chi connectivity index (χ4n) is 3.54. The zero-order valence-electron chi connectivity index (χ0n) is 12.2. The molecule has 2 aliphatic heterocycles. The Morgan fingerprint density at radius 1 is 1.50 bits per heavy atom. The molecule has 0 aliphatic carbocycles. The van der Waals surface area contributed by atoms with Crippen molar-refractivity contribution in [1.82, 2.24) is 9.88 Å². The van der Waals surface area contributed by atoms with Crippen molar-refractivity contribution < 1.29 is 9.84 Å². The summed E-state index contributed by atoms with van der Waals surface area (Å²) in [6, 6.07) is 4.16. The molecule has 1 aromatic heterocycles. The SMILES string of the molecule is CC(O)CN1CCC2(CC1)CC(c1cccnc1)CO2. The molecule has 110 valence electrons. The highest BCUT2D eigenvalue weighted by Gasteiger charge is 2.43. The number of pyridine rings is 1. The fraction of sp³-hybridized carbons (Fsp3) is 0.688. The number of piperidine rings is 1. The lowest BCUT2D eigenvalue weighted by atomic mass is 9.83. The minimum Gasteiger partial charge on any atom is -0.392 e. The van der Waals surface area contributed by atoms with E-state index < -0.39 is 0 Å². The van der Waals surface area contributed by atoms with Crippen molar-refractivity contribution in [3.8, 4) is 0 Å². The molecular weight excluding hydrogens is 252 g/mol. The molecule has 20 heavy (non-hydrogen) atoms. The summed E-state index contributed by atoms with van der Waals surface area (Å²) in [7, 11) is 0. The van der Waals surface area contributed by atoms with Gasteiger partial charge in [-0.2, -0.15) is 0 Å². The normalized spacial score (nSPS) is 27.8. The average Bonchev–Trinajstić information content (AvgIpc) is 2.87. The Morgan fingerprint density at radius 2 is 2.30 bits per heavy atom. The van der Waals surface area contributed by atoms with Crippen LogP contribution in [0, 0.1) is 0 Å². The van der Waals surface area contributed by atoms with E-state index in [1.54, 1.807) is 0 Å². The average molecular weight is 276 g/mol. The van der Waals surface area contributed by atoms with Gasteiger partial charge in [0.05, 0.1) is 18.3 Å². The van der Waals surface area contributed by atoms with Gasteiger partial charge in [0.1, 0.15) is 0 Å². The van der Waals surface area contributed by atoms with Crippen LogP contribution in [-0.2, 0) is 4.74 Å². The van der Waals surface area contributed by atoms with Gasteiger partial charge in [0.15, 0.2) is 0 Å². The molecule has 2 saturated heterocycles. The summed E-state index contributed by atoms with van der Waals surface area (Å²) in [5.41, 5.74) is 1.37. The summed E-state index contributed by atoms with van der Waals surface area (Å²) in [6.45, 7) is 5.52. The molecule has 3 rings (SSSR count). The first-order valence-electron chi connectivity index (χ1n) is 7.61. The zero-order chi connectivity index (χ0) is 14.0. The van der Waals surface area contributed by atoms with E-state index in [0.29, 0.717) is 5.92 Å². The monoisotopic (exact) mass is 276 g/mol. The maximum Gasteiger partial charge on any atom is 0.0713 e. The first kappa shape index (κ1) is 14.0. The smallest absolute Gasteiger partial charge is 0.0713 e. The molecule has 2 aliphatic rings. The summed E-state index contributed by atoms with van der Waals surface area (Å²) in [5.74, 6) is 0.493. The predicted octanol–water partition coefficient (Wildman–Crippen LogP) is 1.80. The van der Waals surface area contributed by atoms with Crippen LogP contribution in [0.5, 0.6) is 0 Å². The number of aliphatic hydroxyl groups excluding tert-OH is 1. The molecule has 3 heterocycles. The number of nitrogens with zero attached hydrogens (tertiary/aromatic N) is 2. The van der Waals surface area contributed by atoms with Crippen molar-refractivity contribution in [2.24, 2.45) is 0 Å². The van der Waals surface area contributed by atoms with Gasteiger partial charge in [-0.15, -0.1) is 0 Å². The highest BCUT2D eigenvalue weighted by atomic mass is 16.5. The van der Waals surface area contributed by atoms with Crippen LogP contribution in [0.25, 0.3) is 0 Å². The van der Waals surface area contributed by atoms with E-state index in [2.05, 4.69) is 16.0 Å². The highest BCUT2D eigenvalue weighted by molar-refractivity contribution is 5.18. The second kappa shape index (κ2) is 5.80. The quantitative estimate of drug-likeness (QED) is 0.914. The summed E-state index contributed by atoms with van der Waals surface area (Å²) in [5, 5.41) is 9.47. The second-order valence-electron chi connectivity index (χ2n) is 6.33. The van der Waals surface area contributed by atoms with Crippen LogP contribution < -0.4 is 0 Å². The lowest BCUT2D eigenvalue weighted by Gasteiger charge is -2.39. The van der Waals surface area contributed by atoms with E-state index in [1.807, 2.05) is 25.4 Å². The number of likely N-dealkylation sites (tertiary alicyclic amines) is 1. The van der Waals surface area contributed by atoms with Gasteiger partial charge in [-0.1, -0.05) is 6.07 Å². The Balaban J connectivity index is 1.58. The van der Waals surface area contributed by atoms with Crippen molar-refractivity contribution >= 4 is 0 Å². The molecule has 1 aromatic rings. The fourth-order valence-corrected chi connectivity index (χ4v) is 3.54. The summed E-state index contributed by atoms with van der Waals surface area (Å²) < 4.78 is 6.18. The van der Waals surface area contributed by atoms with E-state index >= 15 is 0 Å². The summed E-state index contributed by atoms with van der Waals surface area (Å²) in [4.78, 5) is 6.56. The van der Waals surface area contributed by atoms with Crippen LogP contribution in [0.3, 0.4) is 0 Å². The van der Waals surface area contributed by atoms with Crippen LogP contribution in [-0.4, -0.2) is 52.9 Å². The first-order chi connectivity index (χ1) is 9.67. The highest BCUT2D eigenvalue weighted by Crippen LogP contribution is 2.42. The molecule has 1 N–H and O–H groups in total. The van der Waals surface area contributed by atoms with Crippen molar-refractivity contribution in [2.45, 2.75) is 43.8 Å². The summed E-state index contributed by atoms with van der Waals surface area (Å²) in [6.07, 6.45) is 6.82. The Hall–Kier alpha value is -0.970. The zero-order valence-corrected chi connectivity index (χ0v) is 12.2. The van der Waals surface area contributed by atoms with E-state index in [4.69, 9.17) is 4.74 Å². The van der Waals surface area contributed by atoms with Crippen LogP contribution in [0.1, 0.15) is 37.7 Å². The van der Waals surface area contributed by atoms with Crippen molar-refractivity contribution in [1.29, 1.82) is 0 Å². The maximum absolute atomic E-state index is 9.47. The topological polar surface area (TPSA) is 45.6 Å². The molecule has 0 bridgehead atoms. The molecule has 4 nitrogen and oxygen atoms in total. The first-order valence-corrected chi connectivity index (χ1v) is 7.61. The van der Waals surface area contributed by atoms with Gasteiger partial charge in [-0.25, -0.2) is 0 Å². The van der Waals surface area contributed by atoms with Crippen molar-refractivity contribution in [3.05, 3.63) is 30.1 Å². The third-order valence-electron chi connectivity index (χ3n) is 4.65. The van der Waals surface area contributed by atoms with Crippen LogP contribution in [0.4, 0.5) is 0 Å². The van der Waals surface area contributed by atoms with E-state index in [1.165, 1.54) is 5.56 Å². The number of aliphatic hydroxyl groups is 1. The predicted molar refractivity (Wildman–Crippen MR) is 77.6 cm³/mol. The number of hydrogen-bond donors (Lipinski definition) is 1. The molecule has 1 spiro atoms. The van der Waals surface area contributed by atoms with E-state index in [-0.39, 0.29) is 11.7 Å². The number of β-amino-alcohol motifs (C(OH)–C–C–N with tert-alkyl or cyclic N) is 1. The Kier molecular flexibility index (Phi) is 4.06. The van der Waals surface area contributed by atoms with Gasteiger partial charge in [0, 0.05) is 37.9 Å². The molecule has 0 saturated carbocycles. The largest absolute Gasteiger partial charge is 0.392 e. The van der Waals surface area contributed by atoms with Crippen LogP contribution in [0.2, 0.25) is 0 Å². The molecule has 4 heteroatoms. The number of rotatable bonds is 3. The molecule has 0 radical (unpaired) electrons. The van der Waals surface area contributed by atoms with Gasteiger partial charge in [-0.05, 0) is 37.8 Å². The third kappa shape index (κ3) is 3.03. The van der Waals surface area contributed by atoms with E-state index in [0.717, 1.165) is 45.5 Å². The standard InChI is InChI=1S/C16H24N2O2/c1-13(19)11-18-7-4-16(5-8-18)9-15(12-20-16)14-3-2-6-17-10-14/h2-3,6,10,13,15,19H,4-5,7-9,11-12H2,1H3. The number of ether oxygens (including phenoxy) is 1. The second-order valence-corrected chi connectivity index (χ2v) is 6.33. The van der Waals surface area contributed by atoms with E-state index in [9.17, 15) is 5.11 Å². The summed E-state index contributed by atoms with van der Waals surface area (Å²) >= 11 is 0. The minimum atomic E-state index is -0.239. The third-order valence-corrected chi connectivity index (χ3v) is 4.65. The molecule has 2 unspecified atom stereocenters.